The largest absolute Gasteiger partial charge is 0.481 e. The van der Waals surface area contributed by atoms with Crippen LogP contribution in [0.15, 0.2) is 109 Å². The van der Waals surface area contributed by atoms with E-state index in [4.69, 9.17) is 16.2 Å². The maximum atomic E-state index is 15.1. The van der Waals surface area contributed by atoms with E-state index in [-0.39, 0.29) is 55.3 Å². The molecule has 0 bridgehead atoms. The van der Waals surface area contributed by atoms with E-state index in [1.54, 1.807) is 77.8 Å². The number of aromatic nitrogens is 1. The second-order valence-corrected chi connectivity index (χ2v) is 33.5. The normalized spacial score (nSPS) is 20.3. The summed E-state index contributed by atoms with van der Waals surface area (Å²) in [6.45, 7) is 3.26. The van der Waals surface area contributed by atoms with Crippen LogP contribution < -0.4 is 90.8 Å². The standard InChI is InChI=1S/C92H120FN19O27/c1-5-6-7-8-9-10-11-22-72(116)102-63(39-55-46-97-61-20-15-13-17-58(55)61)86(132)105-64(41-71(95)115)87(133)107-67(44-79(126)127)88(134)110-81-52(4)139-92(138)68(40-70(114)59-18-12-14-19-60(59)94)108-91(137)80(50(2)38-76(120)121)109-89(135)69(49-113)103-74(118)47-98-83(129)65(42-77(122)123)104-82(128)51(3)100-85(131)66(43-78(124)125)106-84(130)62(101-73(117)48-99-90(81)136)21-16-33-96-45-54-25-23-53(24-26-54)27-32-75(119)112-36-34-111(35-37-112)57-30-28-56(93)29-31-57/h12-15,17-20,23-32,46,50-52,62-69,80-81,96-97,113H,5-11,16,21-22,33-45,47-49,94H2,1-4H3,(H2,95,115)(H,98,129)(H,99,136)(H,100,131)(H,101,117)(H,102,116)(H,103,118)(H,104,128)(H,105,132)(H,106,130)(H,107,133)(H,108,137)(H,109,135)(H,110,134)(H,120,121)(H,122,123)(H,124,125)(H,126,127)/b32-27+. The molecule has 0 aliphatic carbocycles. The van der Waals surface area contributed by atoms with E-state index in [0.29, 0.717) is 66.6 Å². The number of rotatable bonds is 41. The van der Waals surface area contributed by atoms with Gasteiger partial charge in [-0.1, -0.05) is 107 Å². The van der Waals surface area contributed by atoms with E-state index in [1.165, 1.54) is 42.5 Å². The number of benzene rings is 4. The SMILES string of the molecule is CCCCCCCCCC(=O)NC(Cc1c[nH]c2ccccc12)C(=O)NC(CC(N)=O)C(=O)NC(CC(=O)O)C(=O)NC1C(=O)NCC(=O)NC(CCCNCc2ccc(/C=C/C(=O)N3CCN(c4ccc(F)cc4)CC3)cc2)C(=O)NC(CC(=O)O)C(=O)NC(C)C(=O)NC(CC(=O)O)C(=O)NCC(=O)NC(CO)C(=O)NC(C(C)CC(=O)O)C(=O)NC(CC(=O)c2ccccc2N)C(=O)OC1C. The number of Topliss-reactive ketones (excluding diaryl/α,β-unsaturated/α-hetero) is 1. The maximum absolute atomic E-state index is 15.1. The number of aliphatic hydroxyl groups excluding tert-OH is 1. The number of nitrogens with two attached hydrogens (primary N) is 2. The van der Waals surface area contributed by atoms with Gasteiger partial charge in [-0.05, 0) is 111 Å². The number of ether oxygens (including phenoxy) is 1. The Morgan fingerprint density at radius 3 is 1.76 bits per heavy atom. The minimum atomic E-state index is -2.49. The third-order valence-electron chi connectivity index (χ3n) is 22.5. The number of hydrogen-bond donors (Lipinski definition) is 22. The molecule has 2 fully saturated rings. The van der Waals surface area contributed by atoms with Crippen LogP contribution in [0.25, 0.3) is 17.0 Å². The Morgan fingerprint density at radius 1 is 0.561 bits per heavy atom. The van der Waals surface area contributed by atoms with Gasteiger partial charge in [-0.15, -0.1) is 0 Å². The number of carboxylic acid groups (broad SMARTS) is 4. The molecule has 2 aliphatic heterocycles. The summed E-state index contributed by atoms with van der Waals surface area (Å²) in [5.41, 5.74) is 14.6. The smallest absolute Gasteiger partial charge is 0.329 e. The zero-order valence-electron chi connectivity index (χ0n) is 77.0. The topological polar surface area (TPSA) is 712 Å². The minimum absolute atomic E-state index is 0.0265. The van der Waals surface area contributed by atoms with Crippen molar-refractivity contribution in [2.75, 3.05) is 63.1 Å². The van der Waals surface area contributed by atoms with Crippen molar-refractivity contribution in [1.82, 2.24) is 84.3 Å². The molecular weight excluding hydrogens is 1820 g/mol. The first-order valence-corrected chi connectivity index (χ1v) is 45.1. The molecule has 4 aromatic carbocycles. The number of amides is 15. The van der Waals surface area contributed by atoms with Crippen LogP contribution >= 0.6 is 0 Å². The Hall–Kier alpha value is -15.3. The fourth-order valence-corrected chi connectivity index (χ4v) is 14.9. The lowest BCUT2D eigenvalue weighted by Crippen LogP contribution is -2.62. The van der Waals surface area contributed by atoms with Gasteiger partial charge in [-0.25, -0.2) is 9.18 Å². The lowest BCUT2D eigenvalue weighted by molar-refractivity contribution is -0.156. The Morgan fingerprint density at radius 2 is 1.13 bits per heavy atom. The van der Waals surface area contributed by atoms with Crippen molar-refractivity contribution in [3.8, 4) is 0 Å². The third-order valence-corrected chi connectivity index (χ3v) is 22.5. The van der Waals surface area contributed by atoms with Gasteiger partial charge in [-0.2, -0.15) is 0 Å². The number of hydrogen-bond acceptors (Lipinski definition) is 26. The zero-order valence-corrected chi connectivity index (χ0v) is 77.0. The molecule has 0 radical (unpaired) electrons. The second-order valence-electron chi connectivity index (χ2n) is 33.5. The first-order chi connectivity index (χ1) is 66.1. The van der Waals surface area contributed by atoms with Gasteiger partial charge in [0.15, 0.2) is 5.78 Å². The van der Waals surface area contributed by atoms with E-state index in [0.717, 1.165) is 58.6 Å². The number of piperazine rings is 1. The molecule has 15 amide bonds. The van der Waals surface area contributed by atoms with E-state index in [1.807, 2.05) is 15.5 Å². The zero-order chi connectivity index (χ0) is 102. The van der Waals surface area contributed by atoms with Crippen LogP contribution in [0.4, 0.5) is 15.8 Å². The summed E-state index contributed by atoms with van der Waals surface area (Å²) in [5, 5.41) is 83.1. The van der Waals surface area contributed by atoms with Crippen molar-refractivity contribution in [3.05, 3.63) is 137 Å². The van der Waals surface area contributed by atoms with Crippen molar-refractivity contribution < 1.29 is 135 Å². The number of halogens is 1. The number of anilines is 2. The highest BCUT2D eigenvalue weighted by Crippen LogP contribution is 2.24. The van der Waals surface area contributed by atoms with Gasteiger partial charge < -0.3 is 131 Å². The average molecular weight is 1940 g/mol. The number of aliphatic carboxylic acids is 4. The summed E-state index contributed by atoms with van der Waals surface area (Å²) in [7, 11) is 0. The lowest BCUT2D eigenvalue weighted by atomic mass is 9.96. The van der Waals surface area contributed by atoms with Crippen LogP contribution in [-0.4, -0.2) is 285 Å². The van der Waals surface area contributed by atoms with Gasteiger partial charge >= 0.3 is 29.8 Å². The number of nitrogen functional groups attached to an aromatic ring is 1. The van der Waals surface area contributed by atoms with Crippen LogP contribution in [-0.2, 0) is 114 Å². The molecule has 13 atom stereocenters. The van der Waals surface area contributed by atoms with Gasteiger partial charge in [0, 0.05) is 92.1 Å². The number of H-pyrrole nitrogens is 1. The number of para-hydroxylation sites is 2. The van der Waals surface area contributed by atoms with E-state index >= 15 is 14.4 Å². The van der Waals surface area contributed by atoms with Crippen molar-refractivity contribution in [1.29, 1.82) is 0 Å². The Kier molecular flexibility index (Phi) is 44.3. The maximum Gasteiger partial charge on any atom is 0.329 e. The number of primary amides is 1. The average Bonchev–Trinajstić information content (AvgIpc) is 1.60. The molecule has 0 spiro atoms. The molecule has 1 aromatic heterocycles. The summed E-state index contributed by atoms with van der Waals surface area (Å²) in [4.78, 5) is 298. The van der Waals surface area contributed by atoms with Gasteiger partial charge in [0.1, 0.15) is 78.4 Å². The number of carbonyl (C=O) groups is 21. The highest BCUT2D eigenvalue weighted by molar-refractivity contribution is 6.05. The number of nitrogens with one attached hydrogen (secondary N) is 15. The first-order valence-electron chi connectivity index (χ1n) is 45.1. The van der Waals surface area contributed by atoms with Gasteiger partial charge in [0.25, 0.3) is 0 Å². The molecule has 13 unspecified atom stereocenters. The van der Waals surface area contributed by atoms with Crippen LogP contribution in [0.3, 0.4) is 0 Å². The van der Waals surface area contributed by atoms with Crippen molar-refractivity contribution in [2.24, 2.45) is 11.7 Å². The highest BCUT2D eigenvalue weighted by Gasteiger charge is 2.42. The van der Waals surface area contributed by atoms with Crippen molar-refractivity contribution in [2.45, 2.75) is 216 Å². The predicted octanol–water partition coefficient (Wildman–Crippen LogP) is -2.29. The third kappa shape index (κ3) is 37.0. The van der Waals surface area contributed by atoms with Crippen LogP contribution in [0.2, 0.25) is 0 Å². The molecule has 139 heavy (non-hydrogen) atoms. The number of aromatic amines is 1. The van der Waals surface area contributed by atoms with Gasteiger partial charge in [0.2, 0.25) is 88.6 Å². The van der Waals surface area contributed by atoms with Crippen molar-refractivity contribution in [3.63, 3.8) is 0 Å². The monoisotopic (exact) mass is 1940 g/mol. The Bertz CT molecular complexity index is 5260. The first kappa shape index (κ1) is 111. The molecule has 24 N–H and O–H groups in total. The number of nitrogens with zero attached hydrogens (tertiary/aromatic N) is 2. The number of fused-ring (bicyclic) bond motifs is 1. The number of aliphatic hydroxyl groups is 1. The number of ketones is 1. The number of carbonyl (C=O) groups excluding carboxylic acids is 17. The van der Waals surface area contributed by atoms with Gasteiger partial charge in [0.05, 0.1) is 51.8 Å². The number of carboxylic acids is 4. The summed E-state index contributed by atoms with van der Waals surface area (Å²) >= 11 is 0. The predicted molar refractivity (Wildman–Crippen MR) is 494 cm³/mol. The minimum Gasteiger partial charge on any atom is -0.481 e. The molecule has 2 saturated heterocycles. The molecule has 0 saturated carbocycles. The van der Waals surface area contributed by atoms with E-state index in [2.05, 4.69) is 75.7 Å². The molecule has 752 valence electrons. The molecule has 7 rings (SSSR count). The van der Waals surface area contributed by atoms with Crippen molar-refractivity contribution >= 4 is 153 Å². The Balaban J connectivity index is 1.24. The molecule has 5 aromatic rings. The fourth-order valence-electron chi connectivity index (χ4n) is 14.9. The van der Waals surface area contributed by atoms with E-state index in [9.17, 15) is 116 Å². The molecule has 46 nitrogen and oxygen atoms in total. The highest BCUT2D eigenvalue weighted by atomic mass is 19.1. The molecule has 3 heterocycles. The molecule has 2 aliphatic rings. The van der Waals surface area contributed by atoms with Crippen LogP contribution in [0.5, 0.6) is 0 Å². The summed E-state index contributed by atoms with van der Waals surface area (Å²) < 4.78 is 19.3. The Labute approximate surface area is 796 Å². The molecular formula is C92H120FN19O27. The van der Waals surface area contributed by atoms with E-state index < -0.39 is 261 Å². The van der Waals surface area contributed by atoms with Crippen LogP contribution in [0.1, 0.15) is 157 Å². The second kappa shape index (κ2) is 55.6. The summed E-state index contributed by atoms with van der Waals surface area (Å²) in [6.07, 6.45) is 0.446. The number of esters is 1. The number of cyclic esters (lactones) is 1. The van der Waals surface area contributed by atoms with Gasteiger partial charge in [-0.3, -0.25) is 95.9 Å². The summed E-state index contributed by atoms with van der Waals surface area (Å²) in [5.74, 6) is -30.7. The quantitative estimate of drug-likeness (QED) is 0.00644. The molecule has 47 heteroatoms. The summed E-state index contributed by atoms with van der Waals surface area (Å²) in [6, 6.07) is 2.04. The lowest BCUT2D eigenvalue weighted by Gasteiger charge is -2.35. The van der Waals surface area contributed by atoms with Crippen LogP contribution in [0, 0.1) is 11.7 Å². The number of unbranched alkanes of at least 4 members (excludes halogenated alkanes) is 6. The fraction of sp³-hybridized carbons (Fsp3) is 0.467.